The van der Waals surface area contributed by atoms with Crippen LogP contribution in [0.25, 0.3) is 0 Å². The van der Waals surface area contributed by atoms with Crippen molar-refractivity contribution >= 4 is 11.9 Å². The number of hydrogen-bond acceptors (Lipinski definition) is 3. The number of esters is 1. The molecule has 116 valence electrons. The van der Waals surface area contributed by atoms with Crippen LogP contribution in [0.3, 0.4) is 0 Å². The Kier molecular flexibility index (Phi) is 5.83. The second-order valence-electron chi connectivity index (χ2n) is 4.97. The number of ether oxygens (including phenoxy) is 1. The van der Waals surface area contributed by atoms with Gasteiger partial charge in [0.2, 0.25) is 5.91 Å². The Hall–Kier alpha value is -1.27. The Labute approximate surface area is 116 Å². The van der Waals surface area contributed by atoms with Crippen molar-refractivity contribution in [3.8, 4) is 0 Å². The standard InChI is InChI=1S/C13H20F3NO3/c1-3-17(8-11(18)20-2)12(19)9-6-4-5-7-10(9)13(14,15)16/h9-10H,3-8H2,1-2H3. The fourth-order valence-electron chi connectivity index (χ4n) is 2.62. The molecule has 1 amide bonds. The lowest BCUT2D eigenvalue weighted by molar-refractivity contribution is -0.201. The number of carbonyl (C=O) groups excluding carboxylic acids is 2. The molecule has 2 unspecified atom stereocenters. The Morgan fingerprint density at radius 3 is 2.35 bits per heavy atom. The molecule has 4 nitrogen and oxygen atoms in total. The molecule has 0 saturated heterocycles. The predicted octanol–water partition coefficient (Wildman–Crippen LogP) is 2.38. The van der Waals surface area contributed by atoms with Crippen LogP contribution in [0.5, 0.6) is 0 Å². The average Bonchev–Trinajstić information content (AvgIpc) is 2.42. The van der Waals surface area contributed by atoms with Crippen LogP contribution in [0.15, 0.2) is 0 Å². The van der Waals surface area contributed by atoms with Gasteiger partial charge < -0.3 is 9.64 Å². The first-order valence-electron chi connectivity index (χ1n) is 6.73. The summed E-state index contributed by atoms with van der Waals surface area (Å²) < 4.78 is 43.4. The zero-order valence-corrected chi connectivity index (χ0v) is 11.7. The van der Waals surface area contributed by atoms with E-state index in [0.29, 0.717) is 12.8 Å². The summed E-state index contributed by atoms with van der Waals surface area (Å²) in [5.41, 5.74) is 0. The molecule has 20 heavy (non-hydrogen) atoms. The molecule has 0 bridgehead atoms. The zero-order chi connectivity index (χ0) is 15.3. The first-order valence-corrected chi connectivity index (χ1v) is 6.73. The monoisotopic (exact) mass is 295 g/mol. The summed E-state index contributed by atoms with van der Waals surface area (Å²) in [6, 6.07) is 0. The smallest absolute Gasteiger partial charge is 0.392 e. The average molecular weight is 295 g/mol. The third-order valence-electron chi connectivity index (χ3n) is 3.74. The van der Waals surface area contributed by atoms with E-state index in [1.54, 1.807) is 6.92 Å². The molecule has 1 rings (SSSR count). The quantitative estimate of drug-likeness (QED) is 0.748. The molecule has 0 aromatic carbocycles. The van der Waals surface area contributed by atoms with Crippen LogP contribution in [0.4, 0.5) is 13.2 Å². The Balaban J connectivity index is 2.82. The Bertz CT molecular complexity index is 357. The minimum absolute atomic E-state index is 0.0182. The van der Waals surface area contributed by atoms with Crippen LogP contribution in [0, 0.1) is 11.8 Å². The second-order valence-corrected chi connectivity index (χ2v) is 4.97. The van der Waals surface area contributed by atoms with E-state index >= 15 is 0 Å². The van der Waals surface area contributed by atoms with Crippen molar-refractivity contribution in [2.45, 2.75) is 38.8 Å². The first-order chi connectivity index (χ1) is 9.31. The highest BCUT2D eigenvalue weighted by Gasteiger charge is 2.48. The lowest BCUT2D eigenvalue weighted by Gasteiger charge is -2.35. The highest BCUT2D eigenvalue weighted by Crippen LogP contribution is 2.42. The SMILES string of the molecule is CCN(CC(=O)OC)C(=O)C1CCCCC1C(F)(F)F. The van der Waals surface area contributed by atoms with Gasteiger partial charge in [-0.05, 0) is 19.8 Å². The molecule has 0 spiro atoms. The number of amides is 1. The van der Waals surface area contributed by atoms with E-state index in [1.807, 2.05) is 0 Å². The second kappa shape index (κ2) is 6.95. The van der Waals surface area contributed by atoms with Crippen molar-refractivity contribution in [1.82, 2.24) is 4.90 Å². The molecule has 0 N–H and O–H groups in total. The fourth-order valence-corrected chi connectivity index (χ4v) is 2.62. The zero-order valence-electron chi connectivity index (χ0n) is 11.7. The van der Waals surface area contributed by atoms with Crippen LogP contribution in [-0.2, 0) is 14.3 Å². The van der Waals surface area contributed by atoms with Gasteiger partial charge in [-0.15, -0.1) is 0 Å². The van der Waals surface area contributed by atoms with E-state index in [-0.39, 0.29) is 25.9 Å². The van der Waals surface area contributed by atoms with Crippen LogP contribution < -0.4 is 0 Å². The maximum Gasteiger partial charge on any atom is 0.392 e. The van der Waals surface area contributed by atoms with Crippen LogP contribution in [0.1, 0.15) is 32.6 Å². The van der Waals surface area contributed by atoms with Crippen molar-refractivity contribution in [2.75, 3.05) is 20.2 Å². The summed E-state index contributed by atoms with van der Waals surface area (Å²) in [5, 5.41) is 0. The molecular weight excluding hydrogens is 275 g/mol. The van der Waals surface area contributed by atoms with Gasteiger partial charge in [-0.1, -0.05) is 12.8 Å². The molecule has 1 aliphatic rings. The van der Waals surface area contributed by atoms with Crippen LogP contribution in [0.2, 0.25) is 0 Å². The summed E-state index contributed by atoms with van der Waals surface area (Å²) in [4.78, 5) is 24.6. The Morgan fingerprint density at radius 1 is 1.25 bits per heavy atom. The van der Waals surface area contributed by atoms with Gasteiger partial charge >= 0.3 is 12.1 Å². The normalized spacial score (nSPS) is 23.2. The number of rotatable bonds is 4. The van der Waals surface area contributed by atoms with E-state index < -0.39 is 29.9 Å². The summed E-state index contributed by atoms with van der Waals surface area (Å²) in [7, 11) is 1.18. The number of alkyl halides is 3. The van der Waals surface area contributed by atoms with Crippen molar-refractivity contribution in [3.05, 3.63) is 0 Å². The summed E-state index contributed by atoms with van der Waals surface area (Å²) in [6.07, 6.45) is -3.07. The van der Waals surface area contributed by atoms with Crippen LogP contribution in [-0.4, -0.2) is 43.2 Å². The lowest BCUT2D eigenvalue weighted by atomic mass is 9.78. The van der Waals surface area contributed by atoms with Gasteiger partial charge in [-0.25, -0.2) is 0 Å². The molecule has 0 aromatic heterocycles. The number of methoxy groups -OCH3 is 1. The fraction of sp³-hybridized carbons (Fsp3) is 0.846. The molecule has 7 heteroatoms. The van der Waals surface area contributed by atoms with Crippen molar-refractivity contribution in [2.24, 2.45) is 11.8 Å². The highest BCUT2D eigenvalue weighted by molar-refractivity contribution is 5.84. The number of halogens is 3. The minimum Gasteiger partial charge on any atom is -0.468 e. The number of nitrogens with zero attached hydrogens (tertiary/aromatic N) is 1. The van der Waals surface area contributed by atoms with E-state index in [9.17, 15) is 22.8 Å². The number of likely N-dealkylation sites (N-methyl/N-ethyl adjacent to an activating group) is 1. The van der Waals surface area contributed by atoms with E-state index in [4.69, 9.17) is 0 Å². The first kappa shape index (κ1) is 16.8. The van der Waals surface area contributed by atoms with Gasteiger partial charge in [0.1, 0.15) is 6.54 Å². The number of hydrogen-bond donors (Lipinski definition) is 0. The molecule has 1 fully saturated rings. The summed E-state index contributed by atoms with van der Waals surface area (Å²) in [6.45, 7) is 1.52. The topological polar surface area (TPSA) is 46.6 Å². The molecule has 0 aromatic rings. The summed E-state index contributed by atoms with van der Waals surface area (Å²) in [5.74, 6) is -3.90. The van der Waals surface area contributed by atoms with Gasteiger partial charge in [-0.2, -0.15) is 13.2 Å². The maximum atomic E-state index is 13.0. The summed E-state index contributed by atoms with van der Waals surface area (Å²) >= 11 is 0. The molecule has 1 saturated carbocycles. The molecule has 0 heterocycles. The Morgan fingerprint density at radius 2 is 1.85 bits per heavy atom. The van der Waals surface area contributed by atoms with Gasteiger partial charge in [0.05, 0.1) is 13.0 Å². The molecule has 2 atom stereocenters. The third kappa shape index (κ3) is 4.11. The van der Waals surface area contributed by atoms with Gasteiger partial charge in [0.15, 0.2) is 0 Å². The van der Waals surface area contributed by atoms with Crippen LogP contribution >= 0.6 is 0 Å². The third-order valence-corrected chi connectivity index (χ3v) is 3.74. The molecular formula is C13H20F3NO3. The van der Waals surface area contributed by atoms with E-state index in [2.05, 4.69) is 4.74 Å². The largest absolute Gasteiger partial charge is 0.468 e. The van der Waals surface area contributed by atoms with Crippen molar-refractivity contribution in [3.63, 3.8) is 0 Å². The van der Waals surface area contributed by atoms with E-state index in [0.717, 1.165) is 4.90 Å². The number of carbonyl (C=O) groups is 2. The van der Waals surface area contributed by atoms with Gasteiger partial charge in [0.25, 0.3) is 0 Å². The molecule has 1 aliphatic carbocycles. The van der Waals surface area contributed by atoms with E-state index in [1.165, 1.54) is 7.11 Å². The predicted molar refractivity (Wildman–Crippen MR) is 65.8 cm³/mol. The van der Waals surface area contributed by atoms with Gasteiger partial charge in [-0.3, -0.25) is 9.59 Å². The lowest BCUT2D eigenvalue weighted by Crippen LogP contribution is -2.46. The maximum absolute atomic E-state index is 13.0. The highest BCUT2D eigenvalue weighted by atomic mass is 19.4. The molecule has 0 radical (unpaired) electrons. The minimum atomic E-state index is -4.37. The molecule has 0 aliphatic heterocycles. The van der Waals surface area contributed by atoms with Crippen molar-refractivity contribution < 1.29 is 27.5 Å². The van der Waals surface area contributed by atoms with Gasteiger partial charge in [0, 0.05) is 12.5 Å². The van der Waals surface area contributed by atoms with Crippen molar-refractivity contribution in [1.29, 1.82) is 0 Å².